The summed E-state index contributed by atoms with van der Waals surface area (Å²) in [6.07, 6.45) is 4.78. The summed E-state index contributed by atoms with van der Waals surface area (Å²) in [4.78, 5) is 24.0. The van der Waals surface area contributed by atoms with Gasteiger partial charge in [-0.15, -0.1) is 0 Å². The van der Waals surface area contributed by atoms with Gasteiger partial charge < -0.3 is 19.7 Å². The quantitative estimate of drug-likeness (QED) is 0.751. The molecule has 128 valence electrons. The lowest BCUT2D eigenvalue weighted by Gasteiger charge is -2.42. The molecule has 0 aromatic carbocycles. The summed E-state index contributed by atoms with van der Waals surface area (Å²) in [5.41, 5.74) is -1.68. The molecule has 4 fully saturated rings. The van der Waals surface area contributed by atoms with Gasteiger partial charge in [0.15, 0.2) is 0 Å². The highest BCUT2D eigenvalue weighted by Gasteiger charge is 2.60. The number of carbonyl (C=O) groups is 2. The molecule has 0 aromatic rings. The second-order valence-electron chi connectivity index (χ2n) is 8.06. The molecule has 2 heterocycles. The molecule has 2 saturated heterocycles. The number of epoxide rings is 2. The van der Waals surface area contributed by atoms with Crippen molar-refractivity contribution in [2.75, 3.05) is 0 Å². The minimum Gasteiger partial charge on any atom is -0.481 e. The van der Waals surface area contributed by atoms with E-state index >= 15 is 0 Å². The number of carboxylic acid groups (broad SMARTS) is 2. The molecule has 6 heteroatoms. The van der Waals surface area contributed by atoms with Gasteiger partial charge in [-0.25, -0.2) is 0 Å². The molecule has 6 nitrogen and oxygen atoms in total. The fourth-order valence-corrected chi connectivity index (χ4v) is 5.09. The standard InChI is InChI=1S/C17H24O6/c1-9(17(15(20)21)5-3-11-13(8-17)23-11)6-16(14(18)19)4-2-10-12(7-16)22-10/h9-13H,2-8H2,1H3,(H,18,19)(H,20,21). The average molecular weight is 324 g/mol. The summed E-state index contributed by atoms with van der Waals surface area (Å²) < 4.78 is 11.0. The molecule has 2 saturated carbocycles. The normalized spacial score (nSPS) is 48.7. The Hall–Kier alpha value is -1.14. The topological polar surface area (TPSA) is 99.7 Å². The molecule has 0 radical (unpaired) electrons. The second-order valence-corrected chi connectivity index (χ2v) is 8.06. The third-order valence-electron chi connectivity index (χ3n) is 6.83. The Morgan fingerprint density at radius 3 is 2.13 bits per heavy atom. The van der Waals surface area contributed by atoms with Gasteiger partial charge in [0.25, 0.3) is 0 Å². The number of carboxylic acids is 2. The van der Waals surface area contributed by atoms with E-state index in [-0.39, 0.29) is 30.3 Å². The van der Waals surface area contributed by atoms with E-state index in [0.717, 1.165) is 12.8 Å². The molecule has 7 atom stereocenters. The summed E-state index contributed by atoms with van der Waals surface area (Å²) in [6.45, 7) is 1.92. The van der Waals surface area contributed by atoms with Gasteiger partial charge in [-0.1, -0.05) is 6.92 Å². The lowest BCUT2D eigenvalue weighted by atomic mass is 9.59. The van der Waals surface area contributed by atoms with Crippen LogP contribution in [0.15, 0.2) is 0 Å². The van der Waals surface area contributed by atoms with Gasteiger partial charge in [-0.2, -0.15) is 0 Å². The first-order chi connectivity index (χ1) is 10.9. The maximum absolute atomic E-state index is 12.0. The fourth-order valence-electron chi connectivity index (χ4n) is 5.09. The van der Waals surface area contributed by atoms with Crippen molar-refractivity contribution >= 4 is 11.9 Å². The van der Waals surface area contributed by atoms with Crippen LogP contribution in [-0.2, 0) is 19.1 Å². The highest BCUT2D eigenvalue weighted by molar-refractivity contribution is 5.77. The Kier molecular flexibility index (Phi) is 3.30. The molecular formula is C17H24O6. The van der Waals surface area contributed by atoms with Crippen LogP contribution in [0.3, 0.4) is 0 Å². The first-order valence-electron chi connectivity index (χ1n) is 8.64. The minimum absolute atomic E-state index is 0.0607. The van der Waals surface area contributed by atoms with Crippen LogP contribution < -0.4 is 0 Å². The number of fused-ring (bicyclic) bond motifs is 2. The van der Waals surface area contributed by atoms with Crippen molar-refractivity contribution in [3.8, 4) is 0 Å². The van der Waals surface area contributed by atoms with Crippen molar-refractivity contribution in [3.63, 3.8) is 0 Å². The lowest BCUT2D eigenvalue weighted by Crippen LogP contribution is -2.46. The Morgan fingerprint density at radius 1 is 1.00 bits per heavy atom. The number of ether oxygens (including phenoxy) is 2. The van der Waals surface area contributed by atoms with Crippen LogP contribution in [0.1, 0.15) is 51.9 Å². The minimum atomic E-state index is -0.846. The Bertz CT molecular complexity index is 547. The SMILES string of the molecule is CC(CC1(C(=O)O)CCC2OC2C1)C1(C(=O)O)CCC2OC2C1. The Morgan fingerprint density at radius 2 is 1.61 bits per heavy atom. The fraction of sp³-hybridized carbons (Fsp3) is 0.882. The van der Waals surface area contributed by atoms with E-state index < -0.39 is 22.8 Å². The smallest absolute Gasteiger partial charge is 0.310 e. The van der Waals surface area contributed by atoms with Crippen molar-refractivity contribution < 1.29 is 29.3 Å². The zero-order chi connectivity index (χ0) is 16.4. The zero-order valence-electron chi connectivity index (χ0n) is 13.4. The maximum Gasteiger partial charge on any atom is 0.310 e. The summed E-state index contributed by atoms with van der Waals surface area (Å²) in [7, 11) is 0. The van der Waals surface area contributed by atoms with Crippen LogP contribution in [0.2, 0.25) is 0 Å². The van der Waals surface area contributed by atoms with Gasteiger partial charge >= 0.3 is 11.9 Å². The van der Waals surface area contributed by atoms with Crippen LogP contribution in [0.4, 0.5) is 0 Å². The molecule has 4 aliphatic rings. The molecule has 23 heavy (non-hydrogen) atoms. The largest absolute Gasteiger partial charge is 0.481 e. The second kappa shape index (κ2) is 4.93. The highest BCUT2D eigenvalue weighted by atomic mass is 16.6. The van der Waals surface area contributed by atoms with Gasteiger partial charge in [0.2, 0.25) is 0 Å². The highest BCUT2D eigenvalue weighted by Crippen LogP contribution is 2.56. The van der Waals surface area contributed by atoms with Crippen molar-refractivity contribution in [2.24, 2.45) is 16.7 Å². The molecule has 0 amide bonds. The van der Waals surface area contributed by atoms with E-state index in [4.69, 9.17) is 9.47 Å². The van der Waals surface area contributed by atoms with Crippen LogP contribution in [0, 0.1) is 16.7 Å². The van der Waals surface area contributed by atoms with E-state index in [0.29, 0.717) is 32.1 Å². The molecule has 0 spiro atoms. The molecule has 0 bridgehead atoms. The first kappa shape index (κ1) is 15.4. The van der Waals surface area contributed by atoms with Gasteiger partial charge in [0.05, 0.1) is 35.2 Å². The summed E-state index contributed by atoms with van der Waals surface area (Å²) in [5, 5.41) is 19.7. The van der Waals surface area contributed by atoms with Crippen molar-refractivity contribution in [3.05, 3.63) is 0 Å². The predicted octanol–water partition coefficient (Wildman–Crippen LogP) is 2.06. The van der Waals surface area contributed by atoms with Crippen LogP contribution in [0.25, 0.3) is 0 Å². The Labute approximate surface area is 135 Å². The third-order valence-corrected chi connectivity index (χ3v) is 6.83. The summed E-state index contributed by atoms with van der Waals surface area (Å²) in [5.74, 6) is -1.78. The number of hydrogen-bond acceptors (Lipinski definition) is 4. The monoisotopic (exact) mass is 324 g/mol. The van der Waals surface area contributed by atoms with Gasteiger partial charge in [0.1, 0.15) is 0 Å². The molecule has 2 aliphatic heterocycles. The van der Waals surface area contributed by atoms with E-state index in [1.54, 1.807) is 0 Å². The van der Waals surface area contributed by atoms with E-state index in [1.165, 1.54) is 0 Å². The third kappa shape index (κ3) is 2.38. The first-order valence-corrected chi connectivity index (χ1v) is 8.64. The molecule has 2 aliphatic carbocycles. The molecular weight excluding hydrogens is 300 g/mol. The average Bonchev–Trinajstić information content (AvgIpc) is 3.39. The van der Waals surface area contributed by atoms with E-state index in [1.807, 2.05) is 6.92 Å². The van der Waals surface area contributed by atoms with Crippen LogP contribution in [-0.4, -0.2) is 46.6 Å². The van der Waals surface area contributed by atoms with Crippen molar-refractivity contribution in [1.82, 2.24) is 0 Å². The summed E-state index contributed by atoms with van der Waals surface area (Å²) >= 11 is 0. The van der Waals surface area contributed by atoms with Gasteiger partial charge in [-0.05, 0) is 50.9 Å². The van der Waals surface area contributed by atoms with Crippen molar-refractivity contribution in [1.29, 1.82) is 0 Å². The molecule has 4 rings (SSSR count). The Balaban J connectivity index is 1.55. The lowest BCUT2D eigenvalue weighted by molar-refractivity contribution is -0.161. The number of aliphatic carboxylic acids is 2. The predicted molar refractivity (Wildman–Crippen MR) is 78.9 cm³/mol. The van der Waals surface area contributed by atoms with E-state index in [2.05, 4.69) is 0 Å². The molecule has 0 aromatic heterocycles. The van der Waals surface area contributed by atoms with Gasteiger partial charge in [0, 0.05) is 0 Å². The van der Waals surface area contributed by atoms with Crippen LogP contribution in [0.5, 0.6) is 0 Å². The van der Waals surface area contributed by atoms with Gasteiger partial charge in [-0.3, -0.25) is 9.59 Å². The summed E-state index contributed by atoms with van der Waals surface area (Å²) in [6, 6.07) is 0. The van der Waals surface area contributed by atoms with Crippen molar-refractivity contribution in [2.45, 2.75) is 76.3 Å². The zero-order valence-corrected chi connectivity index (χ0v) is 13.4. The number of rotatable bonds is 5. The molecule has 2 N–H and O–H groups in total. The van der Waals surface area contributed by atoms with Crippen LogP contribution >= 0.6 is 0 Å². The van der Waals surface area contributed by atoms with E-state index in [9.17, 15) is 19.8 Å². The number of hydrogen-bond donors (Lipinski definition) is 2. The molecule has 7 unspecified atom stereocenters. The maximum atomic E-state index is 12.0.